The third kappa shape index (κ3) is 5.51. The lowest BCUT2D eigenvalue weighted by molar-refractivity contribution is -0.139. The van der Waals surface area contributed by atoms with Crippen molar-refractivity contribution in [1.82, 2.24) is 4.57 Å². The van der Waals surface area contributed by atoms with E-state index in [0.717, 1.165) is 0 Å². The molecule has 0 amide bonds. The van der Waals surface area contributed by atoms with Gasteiger partial charge in [-0.2, -0.15) is 0 Å². The van der Waals surface area contributed by atoms with Gasteiger partial charge in [-0.25, -0.2) is 14.6 Å². The van der Waals surface area contributed by atoms with Crippen LogP contribution in [-0.4, -0.2) is 36.8 Å². The van der Waals surface area contributed by atoms with Crippen molar-refractivity contribution in [3.63, 3.8) is 0 Å². The van der Waals surface area contributed by atoms with Crippen molar-refractivity contribution in [1.29, 1.82) is 0 Å². The number of hydrogen-bond acceptors (Lipinski definition) is 9. The Kier molecular flexibility index (Phi) is 8.02. The number of aromatic nitrogens is 1. The highest BCUT2D eigenvalue weighted by Gasteiger charge is 2.33. The van der Waals surface area contributed by atoms with Crippen LogP contribution in [0.25, 0.3) is 17.4 Å². The first kappa shape index (κ1) is 27.9. The molecule has 0 spiro atoms. The van der Waals surface area contributed by atoms with Gasteiger partial charge in [0.05, 0.1) is 47.7 Å². The Bertz CT molecular complexity index is 1840. The normalized spacial score (nSPS) is 14.8. The van der Waals surface area contributed by atoms with Crippen LogP contribution >= 0.6 is 11.3 Å². The number of nitrogens with zero attached hydrogens (tertiary/aromatic N) is 2. The standard InChI is InChI=1S/C31H28N2O7S/c1-5-38-29(35)21-11-7-9-19(15-21)24-14-13-23(40-24)17-25-28(34)33-27(20-10-8-12-22(16-20)37-4)26(30(36)39-6-2)18(3)32-31(33)41-25/h7-17,27H,5-6H2,1-4H3/b25-17-. The van der Waals surface area contributed by atoms with Gasteiger partial charge in [0.2, 0.25) is 0 Å². The van der Waals surface area contributed by atoms with Crippen LogP contribution in [0.1, 0.15) is 48.5 Å². The van der Waals surface area contributed by atoms with Crippen molar-refractivity contribution in [3.8, 4) is 17.1 Å². The summed E-state index contributed by atoms with van der Waals surface area (Å²) in [5.41, 5.74) is 2.26. The number of fused-ring (bicyclic) bond motifs is 1. The molecule has 0 radical (unpaired) electrons. The van der Waals surface area contributed by atoms with E-state index in [1.165, 1.54) is 15.9 Å². The lowest BCUT2D eigenvalue weighted by Gasteiger charge is -2.24. The van der Waals surface area contributed by atoms with E-state index in [0.29, 0.717) is 54.6 Å². The second-order valence-electron chi connectivity index (χ2n) is 9.08. The molecule has 10 heteroatoms. The van der Waals surface area contributed by atoms with Gasteiger partial charge in [-0.1, -0.05) is 35.6 Å². The average molecular weight is 573 g/mol. The predicted molar refractivity (Wildman–Crippen MR) is 153 cm³/mol. The molecule has 210 valence electrons. The number of methoxy groups -OCH3 is 1. The second kappa shape index (κ2) is 11.8. The first-order valence-corrected chi connectivity index (χ1v) is 13.9. The highest BCUT2D eigenvalue weighted by atomic mass is 32.1. The molecule has 1 unspecified atom stereocenters. The molecule has 0 saturated heterocycles. The quantitative estimate of drug-likeness (QED) is 0.291. The van der Waals surface area contributed by atoms with Gasteiger partial charge in [0.25, 0.3) is 5.56 Å². The van der Waals surface area contributed by atoms with Crippen molar-refractivity contribution in [2.24, 2.45) is 4.99 Å². The second-order valence-corrected chi connectivity index (χ2v) is 10.1. The van der Waals surface area contributed by atoms with Gasteiger partial charge >= 0.3 is 11.9 Å². The molecule has 0 aliphatic carbocycles. The van der Waals surface area contributed by atoms with E-state index in [1.54, 1.807) is 76.4 Å². The molecule has 1 atom stereocenters. The van der Waals surface area contributed by atoms with Crippen LogP contribution in [0.4, 0.5) is 0 Å². The number of benzene rings is 2. The topological polar surface area (TPSA) is 109 Å². The van der Waals surface area contributed by atoms with Gasteiger partial charge in [-0.15, -0.1) is 0 Å². The zero-order chi connectivity index (χ0) is 29.1. The van der Waals surface area contributed by atoms with E-state index < -0.39 is 18.0 Å². The summed E-state index contributed by atoms with van der Waals surface area (Å²) in [4.78, 5) is 44.1. The van der Waals surface area contributed by atoms with Gasteiger partial charge in [-0.05, 0) is 62.7 Å². The van der Waals surface area contributed by atoms with E-state index in [4.69, 9.17) is 18.6 Å². The fourth-order valence-corrected chi connectivity index (χ4v) is 5.67. The lowest BCUT2D eigenvalue weighted by atomic mass is 9.95. The third-order valence-electron chi connectivity index (χ3n) is 6.48. The van der Waals surface area contributed by atoms with E-state index >= 15 is 0 Å². The highest BCUT2D eigenvalue weighted by Crippen LogP contribution is 2.32. The van der Waals surface area contributed by atoms with Gasteiger partial charge in [0, 0.05) is 11.6 Å². The van der Waals surface area contributed by atoms with Crippen molar-refractivity contribution < 1.29 is 28.2 Å². The minimum atomic E-state index is -0.750. The van der Waals surface area contributed by atoms with Crippen molar-refractivity contribution in [3.05, 3.63) is 109 Å². The molecule has 3 heterocycles. The maximum Gasteiger partial charge on any atom is 0.338 e. The van der Waals surface area contributed by atoms with Crippen LogP contribution in [0.5, 0.6) is 5.75 Å². The van der Waals surface area contributed by atoms with Gasteiger partial charge in [0.15, 0.2) is 4.80 Å². The zero-order valence-corrected chi connectivity index (χ0v) is 23.8. The number of ether oxygens (including phenoxy) is 3. The molecule has 0 saturated carbocycles. The number of esters is 2. The lowest BCUT2D eigenvalue weighted by Crippen LogP contribution is -2.39. The number of rotatable bonds is 8. The van der Waals surface area contributed by atoms with Crippen LogP contribution in [-0.2, 0) is 14.3 Å². The maximum absolute atomic E-state index is 13.8. The Morgan fingerprint density at radius 2 is 1.78 bits per heavy atom. The minimum Gasteiger partial charge on any atom is -0.497 e. The molecule has 1 aliphatic heterocycles. The molecule has 1 aliphatic rings. The van der Waals surface area contributed by atoms with Gasteiger partial charge < -0.3 is 18.6 Å². The highest BCUT2D eigenvalue weighted by molar-refractivity contribution is 7.07. The predicted octanol–water partition coefficient (Wildman–Crippen LogP) is 4.24. The minimum absolute atomic E-state index is 0.189. The van der Waals surface area contributed by atoms with E-state index in [-0.39, 0.29) is 18.8 Å². The summed E-state index contributed by atoms with van der Waals surface area (Å²) >= 11 is 1.20. The van der Waals surface area contributed by atoms with Crippen LogP contribution in [0.2, 0.25) is 0 Å². The molecule has 5 rings (SSSR count). The number of hydrogen-bond donors (Lipinski definition) is 0. The summed E-state index contributed by atoms with van der Waals surface area (Å²) in [6.07, 6.45) is 1.65. The van der Waals surface area contributed by atoms with Crippen molar-refractivity contribution in [2.75, 3.05) is 20.3 Å². The molecular formula is C31H28N2O7S. The fourth-order valence-electron chi connectivity index (χ4n) is 4.65. The van der Waals surface area contributed by atoms with E-state index in [1.807, 2.05) is 18.2 Å². The molecule has 0 N–H and O–H groups in total. The number of carbonyl (C=O) groups excluding carboxylic acids is 2. The number of allylic oxidation sites excluding steroid dienone is 1. The Labute approximate surface area is 239 Å². The zero-order valence-electron chi connectivity index (χ0n) is 23.0. The van der Waals surface area contributed by atoms with Crippen molar-refractivity contribution >= 4 is 29.4 Å². The Hall–Kier alpha value is -4.70. The molecule has 0 bridgehead atoms. The molecule has 9 nitrogen and oxygen atoms in total. The number of furan rings is 1. The Morgan fingerprint density at radius 3 is 2.54 bits per heavy atom. The van der Waals surface area contributed by atoms with Gasteiger partial charge in [-0.3, -0.25) is 9.36 Å². The van der Waals surface area contributed by atoms with Crippen LogP contribution in [0.15, 0.2) is 86.1 Å². The number of carbonyl (C=O) groups is 2. The molecule has 0 fully saturated rings. The van der Waals surface area contributed by atoms with Crippen LogP contribution in [0.3, 0.4) is 0 Å². The first-order valence-electron chi connectivity index (χ1n) is 13.1. The van der Waals surface area contributed by atoms with E-state index in [9.17, 15) is 14.4 Å². The fraction of sp³-hybridized carbons (Fsp3) is 0.226. The Morgan fingerprint density at radius 1 is 1.02 bits per heavy atom. The summed E-state index contributed by atoms with van der Waals surface area (Å²) in [5.74, 6) is 0.635. The third-order valence-corrected chi connectivity index (χ3v) is 7.47. The molecular weight excluding hydrogens is 544 g/mol. The maximum atomic E-state index is 13.8. The summed E-state index contributed by atoms with van der Waals surface area (Å²) in [6, 6.07) is 17.0. The molecule has 4 aromatic rings. The summed E-state index contributed by atoms with van der Waals surface area (Å²) in [5, 5.41) is 0. The summed E-state index contributed by atoms with van der Waals surface area (Å²) < 4.78 is 23.8. The smallest absolute Gasteiger partial charge is 0.338 e. The molecule has 2 aromatic carbocycles. The largest absolute Gasteiger partial charge is 0.497 e. The summed E-state index contributed by atoms with van der Waals surface area (Å²) in [7, 11) is 1.56. The van der Waals surface area contributed by atoms with Crippen molar-refractivity contribution in [2.45, 2.75) is 26.8 Å². The van der Waals surface area contributed by atoms with E-state index in [2.05, 4.69) is 4.99 Å². The number of thiazole rings is 1. The first-order chi connectivity index (χ1) is 19.8. The van der Waals surface area contributed by atoms with Gasteiger partial charge in [0.1, 0.15) is 17.3 Å². The van der Waals surface area contributed by atoms with Crippen LogP contribution in [0, 0.1) is 0 Å². The SMILES string of the molecule is CCOC(=O)C1=C(C)N=c2s/c(=C\c3ccc(-c4cccc(C(=O)OCC)c4)o3)c(=O)n2C1c1cccc(OC)c1. The molecule has 41 heavy (non-hydrogen) atoms. The monoisotopic (exact) mass is 572 g/mol. The molecule has 2 aromatic heterocycles. The summed E-state index contributed by atoms with van der Waals surface area (Å²) in [6.45, 7) is 5.69. The average Bonchev–Trinajstić information content (AvgIpc) is 3.56. The van der Waals surface area contributed by atoms with Crippen LogP contribution < -0.4 is 19.6 Å². The Balaban J connectivity index is 1.58.